The van der Waals surface area contributed by atoms with Crippen molar-refractivity contribution in [1.82, 2.24) is 0 Å². The van der Waals surface area contributed by atoms with E-state index in [2.05, 4.69) is 0 Å². The van der Waals surface area contributed by atoms with Crippen molar-refractivity contribution in [1.29, 1.82) is 0 Å². The third-order valence-corrected chi connectivity index (χ3v) is 3.12. The van der Waals surface area contributed by atoms with Crippen molar-refractivity contribution in [3.05, 3.63) is 23.8 Å². The Morgan fingerprint density at radius 1 is 1.39 bits per heavy atom. The lowest BCUT2D eigenvalue weighted by Crippen LogP contribution is -2.53. The fourth-order valence-corrected chi connectivity index (χ4v) is 2.15. The van der Waals surface area contributed by atoms with E-state index in [9.17, 15) is 4.79 Å². The summed E-state index contributed by atoms with van der Waals surface area (Å²) < 4.78 is 5.77. The van der Waals surface area contributed by atoms with Crippen molar-refractivity contribution >= 4 is 11.6 Å². The van der Waals surface area contributed by atoms with Crippen molar-refractivity contribution in [2.24, 2.45) is 5.73 Å². The second-order valence-corrected chi connectivity index (χ2v) is 5.18. The van der Waals surface area contributed by atoms with Crippen LogP contribution in [0.3, 0.4) is 0 Å². The third-order valence-electron chi connectivity index (χ3n) is 3.12. The van der Waals surface area contributed by atoms with Gasteiger partial charge in [0.25, 0.3) is 5.91 Å². The number of amides is 1. The van der Waals surface area contributed by atoms with Crippen LogP contribution in [0.15, 0.2) is 18.2 Å². The molecule has 0 spiro atoms. The zero-order valence-electron chi connectivity index (χ0n) is 11.2. The minimum atomic E-state index is -0.809. The molecule has 1 heterocycles. The summed E-state index contributed by atoms with van der Waals surface area (Å²) in [4.78, 5) is 14.2. The molecule has 2 rings (SSSR count). The van der Waals surface area contributed by atoms with Gasteiger partial charge in [0.1, 0.15) is 5.75 Å². The lowest BCUT2D eigenvalue weighted by Gasteiger charge is -2.39. The molecule has 1 aromatic rings. The molecule has 0 aromatic heterocycles. The van der Waals surface area contributed by atoms with Crippen LogP contribution >= 0.6 is 0 Å². The van der Waals surface area contributed by atoms with Crippen LogP contribution in [0.25, 0.3) is 0 Å². The number of aryl methyl sites for hydroxylation is 1. The smallest absolute Gasteiger partial charge is 0.270 e. The summed E-state index contributed by atoms with van der Waals surface area (Å²) in [5.41, 5.74) is 6.70. The topological polar surface area (TPSA) is 55.6 Å². The summed E-state index contributed by atoms with van der Waals surface area (Å²) in [5.74, 6) is 0.760. The highest BCUT2D eigenvalue weighted by molar-refractivity contribution is 6.02. The normalized spacial score (nSPS) is 17.3. The first-order valence-electron chi connectivity index (χ1n) is 6.27. The molecule has 4 heteroatoms. The zero-order chi connectivity index (χ0) is 13.3. The molecule has 0 aliphatic carbocycles. The molecule has 2 N–H and O–H groups in total. The van der Waals surface area contributed by atoms with Crippen LogP contribution in [0.4, 0.5) is 5.69 Å². The third kappa shape index (κ3) is 2.20. The van der Waals surface area contributed by atoms with Gasteiger partial charge in [-0.25, -0.2) is 0 Å². The first-order valence-corrected chi connectivity index (χ1v) is 6.27. The quantitative estimate of drug-likeness (QED) is 0.888. The maximum Gasteiger partial charge on any atom is 0.270 e. The molecule has 0 unspecified atom stereocenters. The summed E-state index contributed by atoms with van der Waals surface area (Å²) >= 11 is 0. The average Bonchev–Trinajstić information content (AvgIpc) is 2.31. The van der Waals surface area contributed by atoms with Gasteiger partial charge in [0.05, 0.1) is 5.69 Å². The Hall–Kier alpha value is -1.55. The van der Waals surface area contributed by atoms with Gasteiger partial charge in [0.15, 0.2) is 5.60 Å². The summed E-state index contributed by atoms with van der Waals surface area (Å²) in [5, 5.41) is 0. The van der Waals surface area contributed by atoms with E-state index in [0.717, 1.165) is 23.4 Å². The van der Waals surface area contributed by atoms with Gasteiger partial charge in [-0.3, -0.25) is 4.79 Å². The number of rotatable bonds is 3. The maximum absolute atomic E-state index is 12.4. The van der Waals surface area contributed by atoms with Crippen molar-refractivity contribution < 1.29 is 9.53 Å². The number of hydrogen-bond acceptors (Lipinski definition) is 3. The first-order chi connectivity index (χ1) is 8.45. The highest BCUT2D eigenvalue weighted by atomic mass is 16.5. The lowest BCUT2D eigenvalue weighted by molar-refractivity contribution is -0.132. The Bertz CT molecular complexity index is 469. The zero-order valence-corrected chi connectivity index (χ0v) is 11.2. The van der Waals surface area contributed by atoms with Crippen molar-refractivity contribution in [3.8, 4) is 5.75 Å². The molecule has 0 fully saturated rings. The van der Waals surface area contributed by atoms with Gasteiger partial charge in [-0.1, -0.05) is 6.07 Å². The minimum absolute atomic E-state index is 0.00551. The Balaban J connectivity index is 2.43. The largest absolute Gasteiger partial charge is 0.476 e. The van der Waals surface area contributed by atoms with Gasteiger partial charge < -0.3 is 15.4 Å². The molecule has 1 aliphatic heterocycles. The van der Waals surface area contributed by atoms with E-state index in [0.29, 0.717) is 13.1 Å². The fraction of sp³-hybridized carbons (Fsp3) is 0.500. The number of carbonyl (C=O) groups excluding carboxylic acids is 1. The number of nitrogens with two attached hydrogens (primary N) is 1. The summed E-state index contributed by atoms with van der Waals surface area (Å²) in [6.07, 6.45) is 0.787. The van der Waals surface area contributed by atoms with Gasteiger partial charge >= 0.3 is 0 Å². The predicted molar refractivity (Wildman–Crippen MR) is 71.9 cm³/mol. The summed E-state index contributed by atoms with van der Waals surface area (Å²) in [6, 6.07) is 5.90. The van der Waals surface area contributed by atoms with Crippen LogP contribution in [-0.2, 0) is 4.79 Å². The molecular formula is C14H20N2O2. The second-order valence-electron chi connectivity index (χ2n) is 5.18. The van der Waals surface area contributed by atoms with Crippen molar-refractivity contribution in [3.63, 3.8) is 0 Å². The van der Waals surface area contributed by atoms with E-state index in [1.54, 1.807) is 18.7 Å². The highest BCUT2D eigenvalue weighted by Crippen LogP contribution is 2.38. The van der Waals surface area contributed by atoms with Crippen LogP contribution in [0, 0.1) is 6.92 Å². The van der Waals surface area contributed by atoms with Gasteiger partial charge in [-0.05, 0) is 51.4 Å². The van der Waals surface area contributed by atoms with E-state index in [4.69, 9.17) is 10.5 Å². The van der Waals surface area contributed by atoms with E-state index in [1.807, 2.05) is 25.1 Å². The van der Waals surface area contributed by atoms with E-state index in [1.165, 1.54) is 0 Å². The standard InChI is InChI=1S/C14H20N2O2/c1-10-5-6-12-11(9-10)16(8-4-7-15)13(17)14(2,3)18-12/h5-6,9H,4,7-8,15H2,1-3H3. The van der Waals surface area contributed by atoms with Gasteiger partial charge in [0.2, 0.25) is 0 Å². The highest BCUT2D eigenvalue weighted by Gasteiger charge is 2.40. The molecular weight excluding hydrogens is 228 g/mol. The number of hydrogen-bond donors (Lipinski definition) is 1. The van der Waals surface area contributed by atoms with Gasteiger partial charge in [0, 0.05) is 6.54 Å². The Morgan fingerprint density at radius 2 is 2.11 bits per heavy atom. The number of ether oxygens (including phenoxy) is 1. The van der Waals surface area contributed by atoms with Crippen molar-refractivity contribution in [2.75, 3.05) is 18.0 Å². The predicted octanol–water partition coefficient (Wildman–Crippen LogP) is 1.85. The first kappa shape index (κ1) is 12.9. The number of nitrogens with zero attached hydrogens (tertiary/aromatic N) is 1. The maximum atomic E-state index is 12.4. The van der Waals surface area contributed by atoms with Gasteiger partial charge in [-0.2, -0.15) is 0 Å². The molecule has 4 nitrogen and oxygen atoms in total. The Morgan fingerprint density at radius 3 is 2.78 bits per heavy atom. The molecule has 0 atom stereocenters. The van der Waals surface area contributed by atoms with Crippen LogP contribution in [0.1, 0.15) is 25.8 Å². The SMILES string of the molecule is Cc1ccc2c(c1)N(CCCN)C(=O)C(C)(C)O2. The molecule has 0 saturated carbocycles. The molecule has 1 aromatic carbocycles. The fourth-order valence-electron chi connectivity index (χ4n) is 2.15. The van der Waals surface area contributed by atoms with E-state index < -0.39 is 5.60 Å². The Kier molecular flexibility index (Phi) is 3.30. The van der Waals surface area contributed by atoms with Crippen LogP contribution in [-0.4, -0.2) is 24.6 Å². The second kappa shape index (κ2) is 4.61. The van der Waals surface area contributed by atoms with Crippen LogP contribution in [0.2, 0.25) is 0 Å². The molecule has 1 amide bonds. The number of benzene rings is 1. The molecule has 1 aliphatic rings. The number of carbonyl (C=O) groups is 1. The Labute approximate surface area is 108 Å². The lowest BCUT2D eigenvalue weighted by atomic mass is 10.0. The molecule has 98 valence electrons. The van der Waals surface area contributed by atoms with Crippen LogP contribution < -0.4 is 15.4 Å². The molecule has 18 heavy (non-hydrogen) atoms. The summed E-state index contributed by atoms with van der Waals surface area (Å²) in [6.45, 7) is 6.82. The number of fused-ring (bicyclic) bond motifs is 1. The number of anilines is 1. The molecule has 0 radical (unpaired) electrons. The minimum Gasteiger partial charge on any atom is -0.476 e. The van der Waals surface area contributed by atoms with Crippen molar-refractivity contribution in [2.45, 2.75) is 32.8 Å². The van der Waals surface area contributed by atoms with E-state index in [-0.39, 0.29) is 5.91 Å². The molecule has 0 saturated heterocycles. The average molecular weight is 248 g/mol. The molecule has 0 bridgehead atoms. The van der Waals surface area contributed by atoms with Gasteiger partial charge in [-0.15, -0.1) is 0 Å². The van der Waals surface area contributed by atoms with Crippen LogP contribution in [0.5, 0.6) is 5.75 Å². The summed E-state index contributed by atoms with van der Waals surface area (Å²) in [7, 11) is 0. The van der Waals surface area contributed by atoms with E-state index >= 15 is 0 Å². The monoisotopic (exact) mass is 248 g/mol.